The van der Waals surface area contributed by atoms with Crippen LogP contribution in [0.5, 0.6) is 0 Å². The van der Waals surface area contributed by atoms with Crippen LogP contribution in [0.1, 0.15) is 41.0 Å². The SMILES string of the molecule is CCCNC(CN)C(C)NC(=O)OC(C)(C)C. The van der Waals surface area contributed by atoms with E-state index in [1.807, 2.05) is 27.7 Å². The van der Waals surface area contributed by atoms with Crippen molar-refractivity contribution in [2.24, 2.45) is 5.73 Å². The predicted molar refractivity (Wildman–Crippen MR) is 70.0 cm³/mol. The van der Waals surface area contributed by atoms with E-state index in [2.05, 4.69) is 17.6 Å². The third-order valence-corrected chi connectivity index (χ3v) is 2.26. The Labute approximate surface area is 104 Å². The molecule has 5 heteroatoms. The first-order chi connectivity index (χ1) is 7.80. The van der Waals surface area contributed by atoms with Crippen molar-refractivity contribution in [1.82, 2.24) is 10.6 Å². The Morgan fingerprint density at radius 2 is 2.00 bits per heavy atom. The molecule has 0 saturated carbocycles. The lowest BCUT2D eigenvalue weighted by Crippen LogP contribution is -2.52. The maximum absolute atomic E-state index is 11.6. The zero-order chi connectivity index (χ0) is 13.5. The maximum Gasteiger partial charge on any atom is 0.407 e. The first kappa shape index (κ1) is 16.2. The van der Waals surface area contributed by atoms with Crippen LogP contribution in [0.25, 0.3) is 0 Å². The molecule has 17 heavy (non-hydrogen) atoms. The number of hydrogen-bond donors (Lipinski definition) is 3. The number of hydrogen-bond acceptors (Lipinski definition) is 4. The molecule has 102 valence electrons. The molecule has 1 amide bonds. The molecular weight excluding hydrogens is 218 g/mol. The number of ether oxygens (including phenoxy) is 1. The van der Waals surface area contributed by atoms with Gasteiger partial charge in [0.05, 0.1) is 0 Å². The number of carbonyl (C=O) groups excluding carboxylic acids is 1. The average Bonchev–Trinajstić information content (AvgIpc) is 2.15. The van der Waals surface area contributed by atoms with E-state index in [-0.39, 0.29) is 12.1 Å². The highest BCUT2D eigenvalue weighted by molar-refractivity contribution is 5.68. The third-order valence-electron chi connectivity index (χ3n) is 2.26. The van der Waals surface area contributed by atoms with Crippen LogP contribution in [-0.2, 0) is 4.74 Å². The second-order valence-corrected chi connectivity index (χ2v) is 5.23. The van der Waals surface area contributed by atoms with Crippen molar-refractivity contribution in [2.45, 2.75) is 58.7 Å². The summed E-state index contributed by atoms with van der Waals surface area (Å²) in [6.45, 7) is 10.9. The molecule has 0 aromatic carbocycles. The van der Waals surface area contributed by atoms with Crippen LogP contribution in [0.4, 0.5) is 4.79 Å². The van der Waals surface area contributed by atoms with E-state index in [0.717, 1.165) is 13.0 Å². The van der Waals surface area contributed by atoms with Gasteiger partial charge in [-0.3, -0.25) is 0 Å². The number of nitrogens with one attached hydrogen (secondary N) is 2. The number of rotatable bonds is 6. The summed E-state index contributed by atoms with van der Waals surface area (Å²) in [5, 5.41) is 6.08. The molecule has 0 aliphatic heterocycles. The van der Waals surface area contributed by atoms with Crippen molar-refractivity contribution in [3.8, 4) is 0 Å². The van der Waals surface area contributed by atoms with Gasteiger partial charge in [0.2, 0.25) is 0 Å². The molecule has 0 spiro atoms. The Morgan fingerprint density at radius 3 is 2.41 bits per heavy atom. The molecule has 2 atom stereocenters. The molecule has 4 N–H and O–H groups in total. The van der Waals surface area contributed by atoms with Gasteiger partial charge in [-0.15, -0.1) is 0 Å². The Hall–Kier alpha value is -0.810. The molecule has 0 radical (unpaired) electrons. The molecule has 0 aliphatic rings. The second kappa shape index (κ2) is 7.50. The summed E-state index contributed by atoms with van der Waals surface area (Å²) in [5.41, 5.74) is 5.19. The minimum absolute atomic E-state index is 0.0543. The average molecular weight is 245 g/mol. The maximum atomic E-state index is 11.6. The van der Waals surface area contributed by atoms with Crippen LogP contribution in [0.15, 0.2) is 0 Å². The fourth-order valence-corrected chi connectivity index (χ4v) is 1.39. The van der Waals surface area contributed by atoms with Gasteiger partial charge in [0.1, 0.15) is 5.60 Å². The molecule has 0 aromatic rings. The van der Waals surface area contributed by atoms with Crippen LogP contribution in [0.3, 0.4) is 0 Å². The van der Waals surface area contributed by atoms with Gasteiger partial charge in [0.15, 0.2) is 0 Å². The van der Waals surface area contributed by atoms with Gasteiger partial charge in [-0.2, -0.15) is 0 Å². The number of nitrogens with two attached hydrogens (primary N) is 1. The molecule has 2 unspecified atom stereocenters. The fraction of sp³-hybridized carbons (Fsp3) is 0.917. The smallest absolute Gasteiger partial charge is 0.407 e. The number of amides is 1. The molecule has 0 rings (SSSR count). The van der Waals surface area contributed by atoms with Gasteiger partial charge >= 0.3 is 6.09 Å². The summed E-state index contributed by atoms with van der Waals surface area (Å²) >= 11 is 0. The zero-order valence-electron chi connectivity index (χ0n) is 11.7. The molecule has 0 bridgehead atoms. The summed E-state index contributed by atoms with van der Waals surface area (Å²) < 4.78 is 5.19. The summed E-state index contributed by atoms with van der Waals surface area (Å²) in [4.78, 5) is 11.6. The molecule has 0 fully saturated rings. The van der Waals surface area contributed by atoms with Gasteiger partial charge in [0.25, 0.3) is 0 Å². The summed E-state index contributed by atoms with van der Waals surface area (Å²) in [5.74, 6) is 0. The van der Waals surface area contributed by atoms with E-state index in [0.29, 0.717) is 6.54 Å². The van der Waals surface area contributed by atoms with Crippen molar-refractivity contribution >= 4 is 6.09 Å². The Bertz CT molecular complexity index is 226. The predicted octanol–water partition coefficient (Wildman–Crippen LogP) is 1.23. The molecule has 0 saturated heterocycles. The van der Waals surface area contributed by atoms with Crippen molar-refractivity contribution in [3.63, 3.8) is 0 Å². The lowest BCUT2D eigenvalue weighted by molar-refractivity contribution is 0.0499. The second-order valence-electron chi connectivity index (χ2n) is 5.23. The monoisotopic (exact) mass is 245 g/mol. The van der Waals surface area contributed by atoms with Gasteiger partial charge < -0.3 is 21.1 Å². The van der Waals surface area contributed by atoms with Gasteiger partial charge in [-0.25, -0.2) is 4.79 Å². The highest BCUT2D eigenvalue weighted by Crippen LogP contribution is 2.07. The van der Waals surface area contributed by atoms with Crippen molar-refractivity contribution in [2.75, 3.05) is 13.1 Å². The van der Waals surface area contributed by atoms with E-state index in [4.69, 9.17) is 10.5 Å². The number of alkyl carbamates (subject to hydrolysis) is 1. The molecule has 0 aliphatic carbocycles. The van der Waals surface area contributed by atoms with E-state index in [1.54, 1.807) is 0 Å². The van der Waals surface area contributed by atoms with Gasteiger partial charge in [0, 0.05) is 18.6 Å². The van der Waals surface area contributed by atoms with Crippen LogP contribution in [-0.4, -0.2) is 36.9 Å². The lowest BCUT2D eigenvalue weighted by Gasteiger charge is -2.26. The Morgan fingerprint density at radius 1 is 1.41 bits per heavy atom. The molecule has 0 heterocycles. The van der Waals surface area contributed by atoms with Crippen LogP contribution in [0.2, 0.25) is 0 Å². The van der Waals surface area contributed by atoms with Crippen LogP contribution < -0.4 is 16.4 Å². The molecular formula is C12H27N3O2. The van der Waals surface area contributed by atoms with E-state index < -0.39 is 11.7 Å². The van der Waals surface area contributed by atoms with Crippen molar-refractivity contribution < 1.29 is 9.53 Å². The van der Waals surface area contributed by atoms with Crippen molar-refractivity contribution in [1.29, 1.82) is 0 Å². The Kier molecular flexibility index (Phi) is 7.15. The Balaban J connectivity index is 4.12. The van der Waals surface area contributed by atoms with Crippen molar-refractivity contribution in [3.05, 3.63) is 0 Å². The van der Waals surface area contributed by atoms with Crippen LogP contribution >= 0.6 is 0 Å². The van der Waals surface area contributed by atoms with E-state index in [1.165, 1.54) is 0 Å². The summed E-state index contributed by atoms with van der Waals surface area (Å²) in [6.07, 6.45) is 0.636. The third kappa shape index (κ3) is 7.99. The zero-order valence-corrected chi connectivity index (χ0v) is 11.7. The normalized spacial score (nSPS) is 15.2. The van der Waals surface area contributed by atoms with Gasteiger partial charge in [-0.05, 0) is 40.7 Å². The number of carbonyl (C=O) groups is 1. The summed E-state index contributed by atoms with van der Waals surface area (Å²) in [6, 6.07) is 0.0175. The summed E-state index contributed by atoms with van der Waals surface area (Å²) in [7, 11) is 0. The first-order valence-electron chi connectivity index (χ1n) is 6.23. The van der Waals surface area contributed by atoms with Gasteiger partial charge in [-0.1, -0.05) is 6.92 Å². The minimum Gasteiger partial charge on any atom is -0.444 e. The first-order valence-corrected chi connectivity index (χ1v) is 6.23. The quantitative estimate of drug-likeness (QED) is 0.658. The van der Waals surface area contributed by atoms with Crippen LogP contribution in [0, 0.1) is 0 Å². The topological polar surface area (TPSA) is 76.4 Å². The molecule has 0 aromatic heterocycles. The highest BCUT2D eigenvalue weighted by Gasteiger charge is 2.21. The highest BCUT2D eigenvalue weighted by atomic mass is 16.6. The fourth-order valence-electron chi connectivity index (χ4n) is 1.39. The van der Waals surface area contributed by atoms with E-state index in [9.17, 15) is 4.79 Å². The van der Waals surface area contributed by atoms with E-state index >= 15 is 0 Å². The standard InChI is InChI=1S/C12H27N3O2/c1-6-7-14-10(8-13)9(2)15-11(16)17-12(3,4)5/h9-10,14H,6-8,13H2,1-5H3,(H,15,16). The molecule has 5 nitrogen and oxygen atoms in total. The largest absolute Gasteiger partial charge is 0.444 e. The lowest BCUT2D eigenvalue weighted by atomic mass is 10.1. The minimum atomic E-state index is -0.473.